The van der Waals surface area contributed by atoms with Crippen molar-refractivity contribution in [1.29, 1.82) is 0 Å². The van der Waals surface area contributed by atoms with E-state index in [0.717, 1.165) is 21.0 Å². The largest absolute Gasteiger partial charge is 0.321 e. The SMILES string of the molecule is Cc1sc(NC(=O)C(C)Sc2cccc(NC(=O)/C(=C/c3ccc(F)cc3)NC(=O)c3ccccc3)c2)nc1-c1ccccc1. The van der Waals surface area contributed by atoms with Crippen LogP contribution in [0, 0.1) is 12.7 Å². The van der Waals surface area contributed by atoms with Crippen molar-refractivity contribution < 1.29 is 18.8 Å². The molecule has 3 N–H and O–H groups in total. The fourth-order valence-corrected chi connectivity index (χ4v) is 6.06. The highest BCUT2D eigenvalue weighted by atomic mass is 32.2. The minimum atomic E-state index is -0.565. The van der Waals surface area contributed by atoms with Crippen molar-refractivity contribution in [3.63, 3.8) is 0 Å². The highest BCUT2D eigenvalue weighted by molar-refractivity contribution is 8.00. The van der Waals surface area contributed by atoms with E-state index in [2.05, 4.69) is 20.9 Å². The van der Waals surface area contributed by atoms with Gasteiger partial charge in [0.2, 0.25) is 5.91 Å². The molecule has 0 saturated carbocycles. The summed E-state index contributed by atoms with van der Waals surface area (Å²) in [5.74, 6) is -1.64. The minimum absolute atomic E-state index is 0.0186. The summed E-state index contributed by atoms with van der Waals surface area (Å²) < 4.78 is 13.5. The molecule has 0 aliphatic rings. The molecule has 0 spiro atoms. The second kappa shape index (κ2) is 14.6. The molecule has 45 heavy (non-hydrogen) atoms. The monoisotopic (exact) mass is 636 g/mol. The maximum atomic E-state index is 13.5. The van der Waals surface area contributed by atoms with Gasteiger partial charge in [-0.1, -0.05) is 66.7 Å². The van der Waals surface area contributed by atoms with Crippen LogP contribution >= 0.6 is 23.1 Å². The van der Waals surface area contributed by atoms with Gasteiger partial charge in [0, 0.05) is 26.6 Å². The standard InChI is InChI=1S/C35H29FN4O3S2/c1-22-31(25-10-5-3-6-11-25)39-35(45-22)40-32(41)23(2)44-29-15-9-14-28(21-29)37-34(43)30(20-24-16-18-27(36)19-17-24)38-33(42)26-12-7-4-8-13-26/h3-21,23H,1-2H3,(H,37,43)(H,38,42)(H,39,40,41)/b30-20-. The Morgan fingerprint density at radius 3 is 2.27 bits per heavy atom. The number of carbonyl (C=O) groups excluding carboxylic acids is 3. The van der Waals surface area contributed by atoms with Crippen LogP contribution in [0.25, 0.3) is 17.3 Å². The zero-order chi connectivity index (χ0) is 31.8. The van der Waals surface area contributed by atoms with Gasteiger partial charge < -0.3 is 16.0 Å². The van der Waals surface area contributed by atoms with Crippen LogP contribution in [0.1, 0.15) is 27.7 Å². The van der Waals surface area contributed by atoms with E-state index < -0.39 is 22.9 Å². The number of nitrogens with zero attached hydrogens (tertiary/aromatic N) is 1. The highest BCUT2D eigenvalue weighted by Crippen LogP contribution is 2.32. The molecule has 10 heteroatoms. The number of thiazole rings is 1. The van der Waals surface area contributed by atoms with Gasteiger partial charge in [-0.2, -0.15) is 0 Å². The van der Waals surface area contributed by atoms with Crippen LogP contribution in [0.4, 0.5) is 15.2 Å². The van der Waals surface area contributed by atoms with Gasteiger partial charge >= 0.3 is 0 Å². The van der Waals surface area contributed by atoms with Gasteiger partial charge in [0.25, 0.3) is 11.8 Å². The van der Waals surface area contributed by atoms with Crippen LogP contribution in [0.15, 0.2) is 120 Å². The summed E-state index contributed by atoms with van der Waals surface area (Å²) in [6, 6.07) is 31.0. The van der Waals surface area contributed by atoms with Crippen LogP contribution in [0.3, 0.4) is 0 Å². The van der Waals surface area contributed by atoms with E-state index >= 15 is 0 Å². The second-order valence-corrected chi connectivity index (χ2v) is 12.6. The molecule has 226 valence electrons. The Morgan fingerprint density at radius 1 is 0.867 bits per heavy atom. The zero-order valence-corrected chi connectivity index (χ0v) is 26.0. The number of hydrogen-bond donors (Lipinski definition) is 3. The molecule has 0 radical (unpaired) electrons. The number of halogens is 1. The van der Waals surface area contributed by atoms with Gasteiger partial charge in [0.05, 0.1) is 10.9 Å². The third-order valence-corrected chi connectivity index (χ3v) is 8.54. The average molecular weight is 637 g/mol. The first-order valence-electron chi connectivity index (χ1n) is 14.0. The molecule has 5 aromatic rings. The van der Waals surface area contributed by atoms with E-state index in [0.29, 0.717) is 21.9 Å². The van der Waals surface area contributed by atoms with Crippen molar-refractivity contribution in [2.75, 3.05) is 10.6 Å². The van der Waals surface area contributed by atoms with E-state index in [1.165, 1.54) is 53.4 Å². The molecule has 1 aromatic heterocycles. The average Bonchev–Trinajstić information content (AvgIpc) is 3.42. The smallest absolute Gasteiger partial charge is 0.272 e. The number of aromatic nitrogens is 1. The third-order valence-electron chi connectivity index (χ3n) is 6.56. The molecule has 1 heterocycles. The molecule has 0 bridgehead atoms. The summed E-state index contributed by atoms with van der Waals surface area (Å²) in [5.41, 5.74) is 3.20. The quantitative estimate of drug-likeness (QED) is 0.107. The van der Waals surface area contributed by atoms with E-state index in [1.807, 2.05) is 43.3 Å². The Kier molecular flexibility index (Phi) is 10.2. The van der Waals surface area contributed by atoms with Crippen molar-refractivity contribution in [3.05, 3.63) is 137 Å². The fraction of sp³-hybridized carbons (Fsp3) is 0.0857. The van der Waals surface area contributed by atoms with Crippen LogP contribution in [-0.4, -0.2) is 28.0 Å². The number of anilines is 2. The maximum Gasteiger partial charge on any atom is 0.272 e. The van der Waals surface area contributed by atoms with Crippen LogP contribution in [-0.2, 0) is 9.59 Å². The van der Waals surface area contributed by atoms with Gasteiger partial charge in [-0.25, -0.2) is 9.37 Å². The second-order valence-electron chi connectivity index (χ2n) is 9.95. The topological polar surface area (TPSA) is 100 Å². The number of thioether (sulfide) groups is 1. The number of amides is 3. The summed E-state index contributed by atoms with van der Waals surface area (Å²) in [4.78, 5) is 45.7. The first kappa shape index (κ1) is 31.4. The van der Waals surface area contributed by atoms with Crippen molar-refractivity contribution in [3.8, 4) is 11.3 Å². The molecule has 7 nitrogen and oxygen atoms in total. The van der Waals surface area contributed by atoms with Gasteiger partial charge in [-0.05, 0) is 68.0 Å². The molecule has 4 aromatic carbocycles. The van der Waals surface area contributed by atoms with E-state index in [4.69, 9.17) is 0 Å². The van der Waals surface area contributed by atoms with E-state index in [9.17, 15) is 18.8 Å². The molecule has 5 rings (SSSR count). The van der Waals surface area contributed by atoms with Gasteiger partial charge in [0.15, 0.2) is 5.13 Å². The van der Waals surface area contributed by atoms with Gasteiger partial charge in [-0.15, -0.1) is 23.1 Å². The summed E-state index contributed by atoms with van der Waals surface area (Å²) >= 11 is 2.76. The number of carbonyl (C=O) groups is 3. The Bertz CT molecular complexity index is 1840. The molecule has 0 aliphatic carbocycles. The molecule has 1 unspecified atom stereocenters. The van der Waals surface area contributed by atoms with Gasteiger partial charge in [-0.3, -0.25) is 14.4 Å². The lowest BCUT2D eigenvalue weighted by molar-refractivity contribution is -0.115. The molecular weight excluding hydrogens is 608 g/mol. The summed E-state index contributed by atoms with van der Waals surface area (Å²) in [6.45, 7) is 3.77. The number of aryl methyl sites for hydroxylation is 1. The molecule has 0 fully saturated rings. The predicted octanol–water partition coefficient (Wildman–Crippen LogP) is 7.79. The third kappa shape index (κ3) is 8.53. The fourth-order valence-electron chi connectivity index (χ4n) is 4.29. The Labute approximate surface area is 268 Å². The number of rotatable bonds is 10. The normalized spacial score (nSPS) is 11.8. The maximum absolute atomic E-state index is 13.5. The number of nitrogens with one attached hydrogen (secondary N) is 3. The molecular formula is C35H29FN4O3S2. The Morgan fingerprint density at radius 2 is 1.56 bits per heavy atom. The van der Waals surface area contributed by atoms with E-state index in [-0.39, 0.29) is 11.6 Å². The molecule has 0 aliphatic heterocycles. The highest BCUT2D eigenvalue weighted by Gasteiger charge is 2.19. The first-order valence-corrected chi connectivity index (χ1v) is 15.7. The lowest BCUT2D eigenvalue weighted by Gasteiger charge is -2.13. The minimum Gasteiger partial charge on any atom is -0.321 e. The lowest BCUT2D eigenvalue weighted by atomic mass is 10.1. The van der Waals surface area contributed by atoms with Crippen LogP contribution in [0.5, 0.6) is 0 Å². The van der Waals surface area contributed by atoms with Crippen molar-refractivity contribution in [2.45, 2.75) is 24.0 Å². The zero-order valence-electron chi connectivity index (χ0n) is 24.4. The Hall–Kier alpha value is -5.06. The summed E-state index contributed by atoms with van der Waals surface area (Å²) in [6.07, 6.45) is 1.48. The van der Waals surface area contributed by atoms with Crippen molar-refractivity contribution in [2.24, 2.45) is 0 Å². The lowest BCUT2D eigenvalue weighted by Crippen LogP contribution is -2.30. The predicted molar refractivity (Wildman–Crippen MR) is 180 cm³/mol. The Balaban J connectivity index is 1.26. The van der Waals surface area contributed by atoms with Crippen molar-refractivity contribution in [1.82, 2.24) is 10.3 Å². The number of benzene rings is 4. The molecule has 1 atom stereocenters. The number of hydrogen-bond acceptors (Lipinski definition) is 6. The van der Waals surface area contributed by atoms with Gasteiger partial charge in [0.1, 0.15) is 11.5 Å². The summed E-state index contributed by atoms with van der Waals surface area (Å²) in [5, 5.41) is 8.48. The summed E-state index contributed by atoms with van der Waals surface area (Å²) in [7, 11) is 0. The van der Waals surface area contributed by atoms with E-state index in [1.54, 1.807) is 55.5 Å². The van der Waals surface area contributed by atoms with Crippen LogP contribution in [0.2, 0.25) is 0 Å². The van der Waals surface area contributed by atoms with Crippen molar-refractivity contribution >= 4 is 57.7 Å². The molecule has 3 amide bonds. The van der Waals surface area contributed by atoms with Crippen LogP contribution < -0.4 is 16.0 Å². The first-order chi connectivity index (χ1) is 21.7. The molecule has 0 saturated heterocycles.